The maximum Gasteiger partial charge on any atom is 0.259 e. The fourth-order valence-corrected chi connectivity index (χ4v) is 3.87. The number of pyridine rings is 1. The molecule has 2 heterocycles. The van der Waals surface area contributed by atoms with E-state index >= 15 is 0 Å². The first kappa shape index (κ1) is 23.4. The van der Waals surface area contributed by atoms with Crippen molar-refractivity contribution < 1.29 is 19.1 Å². The number of piperazine rings is 1. The van der Waals surface area contributed by atoms with Crippen LogP contribution in [0.4, 0.5) is 11.5 Å². The van der Waals surface area contributed by atoms with Gasteiger partial charge in [-0.1, -0.05) is 11.6 Å². The van der Waals surface area contributed by atoms with Gasteiger partial charge in [-0.2, -0.15) is 0 Å². The van der Waals surface area contributed by atoms with Gasteiger partial charge in [-0.3, -0.25) is 9.59 Å². The minimum atomic E-state index is -0.302. The average Bonchev–Trinajstić information content (AvgIpc) is 2.88. The fourth-order valence-electron chi connectivity index (χ4n) is 3.75. The van der Waals surface area contributed by atoms with Crippen LogP contribution in [-0.2, 0) is 0 Å². The number of aromatic nitrogens is 1. The molecule has 3 aromatic rings. The van der Waals surface area contributed by atoms with Crippen molar-refractivity contribution in [3.63, 3.8) is 0 Å². The summed E-state index contributed by atoms with van der Waals surface area (Å²) in [4.78, 5) is 33.8. The molecule has 0 spiro atoms. The monoisotopic (exact) mass is 480 g/mol. The van der Waals surface area contributed by atoms with E-state index in [4.69, 9.17) is 21.1 Å². The molecule has 176 valence electrons. The highest BCUT2D eigenvalue weighted by molar-refractivity contribution is 6.30. The van der Waals surface area contributed by atoms with Crippen molar-refractivity contribution >= 4 is 34.9 Å². The largest absolute Gasteiger partial charge is 0.497 e. The highest BCUT2D eigenvalue weighted by Crippen LogP contribution is 2.26. The third-order valence-electron chi connectivity index (χ3n) is 5.64. The molecule has 1 aliphatic rings. The van der Waals surface area contributed by atoms with Gasteiger partial charge in [0.25, 0.3) is 11.8 Å². The molecule has 1 aliphatic heterocycles. The smallest absolute Gasteiger partial charge is 0.259 e. The van der Waals surface area contributed by atoms with Crippen LogP contribution < -0.4 is 19.7 Å². The molecule has 0 atom stereocenters. The van der Waals surface area contributed by atoms with Crippen molar-refractivity contribution in [2.75, 3.05) is 50.6 Å². The number of halogens is 1. The molecule has 0 bridgehead atoms. The van der Waals surface area contributed by atoms with Crippen LogP contribution in [0, 0.1) is 0 Å². The molecule has 1 saturated heterocycles. The number of rotatable bonds is 6. The fraction of sp³-hybridized carbons (Fsp3) is 0.240. The van der Waals surface area contributed by atoms with Crippen LogP contribution >= 0.6 is 11.6 Å². The molecule has 0 unspecified atom stereocenters. The number of nitrogens with one attached hydrogen (secondary N) is 1. The van der Waals surface area contributed by atoms with E-state index in [0.717, 1.165) is 5.82 Å². The van der Waals surface area contributed by atoms with Gasteiger partial charge in [0.1, 0.15) is 17.3 Å². The van der Waals surface area contributed by atoms with Gasteiger partial charge in [-0.05, 0) is 48.5 Å². The van der Waals surface area contributed by atoms with E-state index < -0.39 is 0 Å². The molecule has 4 rings (SSSR count). The molecule has 2 aromatic carbocycles. The van der Waals surface area contributed by atoms with Crippen molar-refractivity contribution in [2.45, 2.75) is 0 Å². The Balaban J connectivity index is 1.35. The summed E-state index contributed by atoms with van der Waals surface area (Å²) >= 11 is 5.91. The van der Waals surface area contributed by atoms with E-state index in [9.17, 15) is 9.59 Å². The predicted octanol–water partition coefficient (Wildman–Crippen LogP) is 3.97. The Hall–Kier alpha value is -3.78. The van der Waals surface area contributed by atoms with Gasteiger partial charge in [0.15, 0.2) is 0 Å². The summed E-state index contributed by atoms with van der Waals surface area (Å²) in [7, 11) is 3.06. The molecule has 34 heavy (non-hydrogen) atoms. The number of hydrogen-bond donors (Lipinski definition) is 1. The Bertz CT molecular complexity index is 1160. The van der Waals surface area contributed by atoms with Gasteiger partial charge < -0.3 is 24.6 Å². The number of methoxy groups -OCH3 is 2. The van der Waals surface area contributed by atoms with Crippen LogP contribution in [0.15, 0.2) is 60.8 Å². The Morgan fingerprint density at radius 2 is 1.68 bits per heavy atom. The number of ether oxygens (including phenoxy) is 2. The van der Waals surface area contributed by atoms with Crippen molar-refractivity contribution in [2.24, 2.45) is 0 Å². The lowest BCUT2D eigenvalue weighted by atomic mass is 10.1. The second-order valence-corrected chi connectivity index (χ2v) is 8.15. The Morgan fingerprint density at radius 1 is 0.941 bits per heavy atom. The van der Waals surface area contributed by atoms with Crippen molar-refractivity contribution in [3.05, 3.63) is 76.9 Å². The maximum atomic E-state index is 12.7. The van der Waals surface area contributed by atoms with Gasteiger partial charge in [-0.15, -0.1) is 0 Å². The molecular weight excluding hydrogens is 456 g/mol. The van der Waals surface area contributed by atoms with Crippen molar-refractivity contribution in [1.82, 2.24) is 9.88 Å². The number of amides is 2. The summed E-state index contributed by atoms with van der Waals surface area (Å²) in [5.74, 6) is 1.51. The third kappa shape index (κ3) is 5.23. The van der Waals surface area contributed by atoms with Gasteiger partial charge >= 0.3 is 0 Å². The van der Waals surface area contributed by atoms with E-state index in [1.165, 1.54) is 7.11 Å². The molecule has 8 nitrogen and oxygen atoms in total. The van der Waals surface area contributed by atoms with Crippen LogP contribution in [0.3, 0.4) is 0 Å². The zero-order valence-electron chi connectivity index (χ0n) is 19.0. The summed E-state index contributed by atoms with van der Waals surface area (Å²) in [5, 5.41) is 3.45. The molecule has 0 radical (unpaired) electrons. The maximum absolute atomic E-state index is 12.7. The molecule has 0 aliphatic carbocycles. The van der Waals surface area contributed by atoms with Gasteiger partial charge in [0.2, 0.25) is 0 Å². The van der Waals surface area contributed by atoms with Gasteiger partial charge in [-0.25, -0.2) is 4.98 Å². The zero-order valence-corrected chi connectivity index (χ0v) is 19.7. The molecule has 9 heteroatoms. The van der Waals surface area contributed by atoms with E-state index in [0.29, 0.717) is 59.5 Å². The second-order valence-electron chi connectivity index (χ2n) is 7.71. The summed E-state index contributed by atoms with van der Waals surface area (Å²) < 4.78 is 10.5. The Morgan fingerprint density at radius 3 is 2.29 bits per heavy atom. The molecule has 2 amide bonds. The van der Waals surface area contributed by atoms with Gasteiger partial charge in [0.05, 0.1) is 31.7 Å². The number of benzene rings is 2. The summed E-state index contributed by atoms with van der Waals surface area (Å²) in [6.45, 7) is 2.53. The first-order valence-corrected chi connectivity index (χ1v) is 11.2. The van der Waals surface area contributed by atoms with Crippen molar-refractivity contribution in [3.8, 4) is 11.5 Å². The number of carbonyl (C=O) groups excluding carboxylic acids is 2. The quantitative estimate of drug-likeness (QED) is 0.574. The third-order valence-corrected chi connectivity index (χ3v) is 5.89. The topological polar surface area (TPSA) is 84.0 Å². The minimum Gasteiger partial charge on any atom is -0.497 e. The summed E-state index contributed by atoms with van der Waals surface area (Å²) in [6, 6.07) is 15.6. The lowest BCUT2D eigenvalue weighted by Gasteiger charge is -2.35. The number of anilines is 2. The van der Waals surface area contributed by atoms with Gasteiger partial charge in [0, 0.05) is 42.8 Å². The first-order valence-electron chi connectivity index (χ1n) is 10.8. The van der Waals surface area contributed by atoms with Crippen molar-refractivity contribution in [1.29, 1.82) is 0 Å². The lowest BCUT2D eigenvalue weighted by Crippen LogP contribution is -2.49. The number of hydrogen-bond acceptors (Lipinski definition) is 6. The second kappa shape index (κ2) is 10.4. The van der Waals surface area contributed by atoms with Crippen LogP contribution in [0.2, 0.25) is 5.02 Å². The molecular formula is C25H25ClN4O4. The molecule has 1 aromatic heterocycles. The van der Waals surface area contributed by atoms with Crippen LogP contribution in [-0.4, -0.2) is 62.1 Å². The normalized spacial score (nSPS) is 13.4. The van der Waals surface area contributed by atoms with Crippen LogP contribution in [0.25, 0.3) is 0 Å². The minimum absolute atomic E-state index is 0.00343. The van der Waals surface area contributed by atoms with E-state index in [1.807, 2.05) is 17.0 Å². The lowest BCUT2D eigenvalue weighted by molar-refractivity contribution is 0.0746. The summed E-state index contributed by atoms with van der Waals surface area (Å²) in [5.41, 5.74) is 1.60. The SMILES string of the molecule is COc1ccc(C(=O)Nc2ccc(N3CCN(C(=O)c4ccc(Cl)cc4)CC3)nc2)c(OC)c1. The zero-order chi connectivity index (χ0) is 24.1. The van der Waals surface area contributed by atoms with Crippen LogP contribution in [0.1, 0.15) is 20.7 Å². The van der Waals surface area contributed by atoms with E-state index in [2.05, 4.69) is 15.2 Å². The highest BCUT2D eigenvalue weighted by atomic mass is 35.5. The van der Waals surface area contributed by atoms with Crippen LogP contribution in [0.5, 0.6) is 11.5 Å². The number of nitrogens with zero attached hydrogens (tertiary/aromatic N) is 3. The molecule has 0 saturated carbocycles. The average molecular weight is 481 g/mol. The van der Waals surface area contributed by atoms with E-state index in [1.54, 1.807) is 55.8 Å². The molecule has 1 N–H and O–H groups in total. The molecule has 1 fully saturated rings. The summed E-state index contributed by atoms with van der Waals surface area (Å²) in [6.07, 6.45) is 1.62. The Kier molecular flexibility index (Phi) is 7.18. The highest BCUT2D eigenvalue weighted by Gasteiger charge is 2.23. The Labute approximate surface area is 203 Å². The first-order chi connectivity index (χ1) is 16.5. The van der Waals surface area contributed by atoms with E-state index in [-0.39, 0.29) is 11.8 Å². The predicted molar refractivity (Wildman–Crippen MR) is 131 cm³/mol. The number of carbonyl (C=O) groups is 2. The standard InChI is InChI=1S/C25H25ClN4O4/c1-33-20-8-9-21(22(15-20)34-2)24(31)28-19-7-10-23(27-16-19)29-11-13-30(14-12-29)25(32)17-3-5-18(26)6-4-17/h3-10,15-16H,11-14H2,1-2H3,(H,28,31).